The maximum absolute atomic E-state index is 2.23. The van der Waals surface area contributed by atoms with E-state index in [1.54, 1.807) is 0 Å². The van der Waals surface area contributed by atoms with Crippen LogP contribution in [0.3, 0.4) is 0 Å². The predicted octanol–water partition coefficient (Wildman–Crippen LogP) is 6.82. The molecule has 0 radical (unpaired) electrons. The second kappa shape index (κ2) is 22.7. The Morgan fingerprint density at radius 1 is 0.296 bits per heavy atom. The van der Waals surface area contributed by atoms with Crippen LogP contribution in [0.5, 0.6) is 0 Å². The molecule has 0 fully saturated rings. The van der Waals surface area contributed by atoms with Crippen LogP contribution in [-0.4, -0.2) is 0 Å². The molecular weight excluding hydrogens is 531 g/mol. The van der Waals surface area contributed by atoms with Crippen LogP contribution in [0.2, 0.25) is 0 Å². The SMILES string of the molecule is Cl.Cl.Cl.Cl.Cl.Cl.Cl.Cl.c1ccc(P(c2ccccc2)c2ccccc2)cc1. The van der Waals surface area contributed by atoms with Gasteiger partial charge < -0.3 is 0 Å². The van der Waals surface area contributed by atoms with Gasteiger partial charge in [-0.1, -0.05) is 91.0 Å². The average molecular weight is 554 g/mol. The van der Waals surface area contributed by atoms with Crippen molar-refractivity contribution in [1.82, 2.24) is 0 Å². The van der Waals surface area contributed by atoms with Gasteiger partial charge in [0.1, 0.15) is 0 Å². The van der Waals surface area contributed by atoms with E-state index in [2.05, 4.69) is 91.0 Å². The van der Waals surface area contributed by atoms with E-state index in [4.69, 9.17) is 0 Å². The molecule has 3 rings (SSSR count). The number of halogens is 8. The Morgan fingerprint density at radius 2 is 0.481 bits per heavy atom. The number of rotatable bonds is 3. The van der Waals surface area contributed by atoms with Gasteiger partial charge in [0.2, 0.25) is 0 Å². The van der Waals surface area contributed by atoms with Gasteiger partial charge in [0, 0.05) is 0 Å². The van der Waals surface area contributed by atoms with Crippen molar-refractivity contribution in [3.8, 4) is 0 Å². The lowest BCUT2D eigenvalue weighted by Crippen LogP contribution is -2.20. The Balaban J connectivity index is -0.000000138. The minimum absolute atomic E-state index is 0. The molecule has 0 aliphatic carbocycles. The molecule has 27 heavy (non-hydrogen) atoms. The first-order valence-corrected chi connectivity index (χ1v) is 7.74. The molecule has 156 valence electrons. The molecule has 0 bridgehead atoms. The van der Waals surface area contributed by atoms with E-state index in [1.807, 2.05) is 0 Å². The first-order chi connectivity index (χ1) is 9.45. The standard InChI is InChI=1S/C18H15P.8ClH/c1-4-10-16(11-5-1)19(17-12-6-2-7-13-17)18-14-8-3-9-15-18;;;;;;;;/h1-15H;8*1H. The van der Waals surface area contributed by atoms with E-state index in [-0.39, 0.29) is 99.3 Å². The van der Waals surface area contributed by atoms with Crippen LogP contribution in [-0.2, 0) is 0 Å². The molecule has 0 aliphatic heterocycles. The van der Waals surface area contributed by atoms with Crippen molar-refractivity contribution in [2.24, 2.45) is 0 Å². The molecule has 0 atom stereocenters. The summed E-state index contributed by atoms with van der Waals surface area (Å²) in [5.41, 5.74) is 0. The van der Waals surface area contributed by atoms with Crippen LogP contribution >= 0.6 is 107 Å². The zero-order valence-electron chi connectivity index (χ0n) is 13.9. The maximum Gasteiger partial charge on any atom is -0.0134 e. The molecule has 0 saturated carbocycles. The highest BCUT2D eigenvalue weighted by Crippen LogP contribution is 2.32. The van der Waals surface area contributed by atoms with Gasteiger partial charge in [-0.3, -0.25) is 0 Å². The quantitative estimate of drug-likeness (QED) is 0.312. The summed E-state index contributed by atoms with van der Waals surface area (Å²) in [6, 6.07) is 32.3. The Hall–Kier alpha value is 0.410. The first kappa shape index (κ1) is 41.7. The Morgan fingerprint density at radius 3 is 0.667 bits per heavy atom. The summed E-state index contributed by atoms with van der Waals surface area (Å²) in [7, 11) is -0.446. The van der Waals surface area contributed by atoms with Crippen LogP contribution in [0.4, 0.5) is 0 Å². The van der Waals surface area contributed by atoms with Crippen molar-refractivity contribution in [1.29, 1.82) is 0 Å². The van der Waals surface area contributed by atoms with E-state index in [1.165, 1.54) is 15.9 Å². The van der Waals surface area contributed by atoms with E-state index < -0.39 is 7.92 Å². The van der Waals surface area contributed by atoms with Gasteiger partial charge in [-0.2, -0.15) is 0 Å². The number of hydrogen-bond donors (Lipinski definition) is 0. The topological polar surface area (TPSA) is 0 Å². The number of benzene rings is 3. The molecule has 0 unspecified atom stereocenters. The van der Waals surface area contributed by atoms with Gasteiger partial charge in [0.05, 0.1) is 0 Å². The normalized spacial score (nSPS) is 7.44. The van der Waals surface area contributed by atoms with Gasteiger partial charge in [-0.25, -0.2) is 0 Å². The molecule has 0 heterocycles. The fraction of sp³-hybridized carbons (Fsp3) is 0. The minimum Gasteiger partial charge on any atom is -0.147 e. The smallest absolute Gasteiger partial charge is 0.0134 e. The lowest BCUT2D eigenvalue weighted by atomic mass is 10.4. The maximum atomic E-state index is 2.23. The molecule has 0 nitrogen and oxygen atoms in total. The molecule has 9 heteroatoms. The van der Waals surface area contributed by atoms with Gasteiger partial charge in [-0.15, -0.1) is 99.3 Å². The monoisotopic (exact) mass is 550 g/mol. The highest BCUT2D eigenvalue weighted by Gasteiger charge is 2.14. The van der Waals surface area contributed by atoms with Crippen molar-refractivity contribution in [2.75, 3.05) is 0 Å². The van der Waals surface area contributed by atoms with Gasteiger partial charge in [0.15, 0.2) is 0 Å². The minimum atomic E-state index is -0.446. The summed E-state index contributed by atoms with van der Waals surface area (Å²) in [5, 5.41) is 4.19. The lowest BCUT2D eigenvalue weighted by molar-refractivity contribution is 1.74. The molecule has 0 amide bonds. The lowest BCUT2D eigenvalue weighted by Gasteiger charge is -2.18. The van der Waals surface area contributed by atoms with Gasteiger partial charge in [0.25, 0.3) is 0 Å². The fourth-order valence-electron chi connectivity index (χ4n) is 2.18. The van der Waals surface area contributed by atoms with Crippen LogP contribution in [0.25, 0.3) is 0 Å². The van der Waals surface area contributed by atoms with Crippen molar-refractivity contribution in [3.05, 3.63) is 91.0 Å². The third-order valence-electron chi connectivity index (χ3n) is 3.04. The summed E-state index contributed by atoms with van der Waals surface area (Å²) in [6.45, 7) is 0. The molecule has 0 spiro atoms. The predicted molar refractivity (Wildman–Crippen MR) is 143 cm³/mol. The van der Waals surface area contributed by atoms with Crippen LogP contribution in [0, 0.1) is 0 Å². The van der Waals surface area contributed by atoms with E-state index in [9.17, 15) is 0 Å². The third-order valence-corrected chi connectivity index (χ3v) is 5.49. The van der Waals surface area contributed by atoms with E-state index >= 15 is 0 Å². The van der Waals surface area contributed by atoms with Gasteiger partial charge >= 0.3 is 0 Å². The third kappa shape index (κ3) is 11.9. The molecule has 0 N–H and O–H groups in total. The van der Waals surface area contributed by atoms with E-state index in [0.717, 1.165) is 0 Å². The van der Waals surface area contributed by atoms with Crippen molar-refractivity contribution in [2.45, 2.75) is 0 Å². The van der Waals surface area contributed by atoms with Crippen LogP contribution < -0.4 is 15.9 Å². The van der Waals surface area contributed by atoms with Crippen molar-refractivity contribution in [3.63, 3.8) is 0 Å². The van der Waals surface area contributed by atoms with Gasteiger partial charge in [-0.05, 0) is 23.8 Å². The van der Waals surface area contributed by atoms with Crippen LogP contribution in [0.1, 0.15) is 0 Å². The summed E-state index contributed by atoms with van der Waals surface area (Å²) >= 11 is 0. The molecule has 0 aliphatic rings. The fourth-order valence-corrected chi connectivity index (χ4v) is 4.48. The zero-order valence-corrected chi connectivity index (χ0v) is 21.3. The average Bonchev–Trinajstić information content (AvgIpc) is 2.51. The molecule has 3 aromatic rings. The summed E-state index contributed by atoms with van der Waals surface area (Å²) < 4.78 is 0. The van der Waals surface area contributed by atoms with Crippen LogP contribution in [0.15, 0.2) is 91.0 Å². The highest BCUT2D eigenvalue weighted by molar-refractivity contribution is 7.79. The Labute approximate surface area is 212 Å². The largest absolute Gasteiger partial charge is 0.147 e. The second-order valence-corrected chi connectivity index (χ2v) is 6.56. The molecular formula is C18H23Cl8P. The molecule has 3 aromatic carbocycles. The van der Waals surface area contributed by atoms with E-state index in [0.29, 0.717) is 0 Å². The zero-order chi connectivity index (χ0) is 12.9. The van der Waals surface area contributed by atoms with Crippen molar-refractivity contribution >= 4 is 123 Å². The summed E-state index contributed by atoms with van der Waals surface area (Å²) in [6.07, 6.45) is 0. The molecule has 0 aromatic heterocycles. The number of hydrogen-bond acceptors (Lipinski definition) is 0. The Kier molecular flexibility index (Phi) is 35.1. The second-order valence-electron chi connectivity index (χ2n) is 4.34. The Bertz CT molecular complexity index is 547. The highest BCUT2D eigenvalue weighted by atomic mass is 35.5. The van der Waals surface area contributed by atoms with Crippen molar-refractivity contribution < 1.29 is 0 Å². The first-order valence-electron chi connectivity index (χ1n) is 6.40. The molecule has 0 saturated heterocycles. The summed E-state index contributed by atoms with van der Waals surface area (Å²) in [4.78, 5) is 0. The summed E-state index contributed by atoms with van der Waals surface area (Å²) in [5.74, 6) is 0.